The van der Waals surface area contributed by atoms with Crippen LogP contribution in [0.25, 0.3) is 0 Å². The standard InChI is InChI=1S/2C17H19.2ClH.Zr/c2*1-2-7-11-16-15(10-4-1)12-13-17(16)14-8-5-3-6-9-14;;;/h2*3,5-6,8-9,12,17H,1-2,4,7,10-11H2;2*1H;/q;;;;+2/p-2. The minimum Gasteiger partial charge on any atom is -1.00 e. The SMILES string of the molecule is C1=[C]([Zr+2][C]2=CC3=C(CCCCCC3)C2c2ccccc2)C(c2ccccc2)C2=C1CCCCCC2.[Cl-].[Cl-]. The summed E-state index contributed by atoms with van der Waals surface area (Å²) in [6.45, 7) is 0. The second-order valence-electron chi connectivity index (χ2n) is 10.9. The monoisotopic (exact) mass is 606 g/mol. The van der Waals surface area contributed by atoms with Gasteiger partial charge in [-0.05, 0) is 0 Å². The Morgan fingerprint density at radius 1 is 0.459 bits per heavy atom. The maximum atomic E-state index is 2.73. The first-order valence-corrected chi connectivity index (χ1v) is 16.6. The quantitative estimate of drug-likeness (QED) is 0.497. The van der Waals surface area contributed by atoms with Gasteiger partial charge in [0.1, 0.15) is 0 Å². The van der Waals surface area contributed by atoms with E-state index in [1.54, 1.807) is 33.4 Å². The molecule has 0 heterocycles. The van der Waals surface area contributed by atoms with Gasteiger partial charge in [0.2, 0.25) is 0 Å². The van der Waals surface area contributed by atoms with Gasteiger partial charge in [-0.1, -0.05) is 0 Å². The van der Waals surface area contributed by atoms with Crippen LogP contribution < -0.4 is 24.8 Å². The van der Waals surface area contributed by atoms with Gasteiger partial charge < -0.3 is 24.8 Å². The average Bonchev–Trinajstić information content (AvgIpc) is 3.36. The Balaban J connectivity index is 0.00000160. The van der Waals surface area contributed by atoms with Crippen molar-refractivity contribution in [1.29, 1.82) is 0 Å². The van der Waals surface area contributed by atoms with Crippen LogP contribution >= 0.6 is 0 Å². The predicted molar refractivity (Wildman–Crippen MR) is 144 cm³/mol. The number of hydrogen-bond donors (Lipinski definition) is 0. The van der Waals surface area contributed by atoms with Gasteiger partial charge in [0.25, 0.3) is 0 Å². The van der Waals surface area contributed by atoms with Gasteiger partial charge in [-0.2, -0.15) is 0 Å². The Morgan fingerprint density at radius 2 is 0.838 bits per heavy atom. The van der Waals surface area contributed by atoms with Gasteiger partial charge in [0.15, 0.2) is 0 Å². The van der Waals surface area contributed by atoms with E-state index in [-0.39, 0.29) is 24.8 Å². The normalized spacial score (nSPS) is 23.6. The Morgan fingerprint density at radius 3 is 1.24 bits per heavy atom. The van der Waals surface area contributed by atoms with Gasteiger partial charge in [0.05, 0.1) is 0 Å². The van der Waals surface area contributed by atoms with Gasteiger partial charge in [-0.15, -0.1) is 0 Å². The van der Waals surface area contributed by atoms with E-state index in [1.165, 1.54) is 77.0 Å². The molecule has 0 saturated carbocycles. The summed E-state index contributed by atoms with van der Waals surface area (Å²) in [5, 5.41) is 0. The first kappa shape index (κ1) is 28.9. The van der Waals surface area contributed by atoms with Gasteiger partial charge in [-0.25, -0.2) is 0 Å². The maximum Gasteiger partial charge on any atom is -1.00 e. The zero-order valence-corrected chi connectivity index (χ0v) is 25.8. The maximum absolute atomic E-state index is 2.73. The molecule has 0 nitrogen and oxygen atoms in total. The smallest absolute Gasteiger partial charge is 1.00 e. The molecule has 0 spiro atoms. The minimum atomic E-state index is -0.905. The first-order chi connectivity index (χ1) is 17.4. The molecule has 2 unspecified atom stereocenters. The number of rotatable bonds is 4. The summed E-state index contributed by atoms with van der Waals surface area (Å²) in [5.74, 6) is 1.13. The van der Waals surface area contributed by atoms with Crippen molar-refractivity contribution >= 4 is 0 Å². The largest absolute Gasteiger partial charge is 1.00 e. The summed E-state index contributed by atoms with van der Waals surface area (Å²) in [4.78, 5) is 0. The third-order valence-corrected chi connectivity index (χ3v) is 12.2. The van der Waals surface area contributed by atoms with Crippen molar-refractivity contribution in [2.75, 3.05) is 0 Å². The molecule has 0 aromatic heterocycles. The summed E-state index contributed by atoms with van der Waals surface area (Å²) in [7, 11) is 0. The Bertz CT molecular complexity index is 1080. The van der Waals surface area contributed by atoms with E-state index in [2.05, 4.69) is 72.8 Å². The predicted octanol–water partition coefficient (Wildman–Crippen LogP) is 3.74. The van der Waals surface area contributed by atoms with Crippen molar-refractivity contribution in [3.05, 3.63) is 113 Å². The van der Waals surface area contributed by atoms with E-state index >= 15 is 0 Å². The number of hydrogen-bond acceptors (Lipinski definition) is 0. The zero-order valence-electron chi connectivity index (χ0n) is 21.8. The van der Waals surface area contributed by atoms with Gasteiger partial charge in [-0.3, -0.25) is 0 Å². The molecule has 0 aliphatic heterocycles. The summed E-state index contributed by atoms with van der Waals surface area (Å²) in [6.07, 6.45) is 21.8. The molecule has 2 atom stereocenters. The molecule has 6 rings (SSSR count). The van der Waals surface area contributed by atoms with E-state index in [0.717, 1.165) is 0 Å². The fraction of sp³-hybridized carbons (Fsp3) is 0.412. The van der Waals surface area contributed by atoms with E-state index in [9.17, 15) is 0 Å². The van der Waals surface area contributed by atoms with Crippen LogP contribution in [0.4, 0.5) is 0 Å². The van der Waals surface area contributed by atoms with Crippen molar-refractivity contribution in [1.82, 2.24) is 0 Å². The molecule has 0 saturated heterocycles. The van der Waals surface area contributed by atoms with Crippen LogP contribution in [0.3, 0.4) is 0 Å². The molecule has 0 amide bonds. The Labute approximate surface area is 248 Å². The average molecular weight is 609 g/mol. The third-order valence-electron chi connectivity index (χ3n) is 8.64. The molecule has 0 bridgehead atoms. The van der Waals surface area contributed by atoms with Crippen LogP contribution in [0, 0.1) is 0 Å². The van der Waals surface area contributed by atoms with Crippen LogP contribution in [-0.2, 0) is 23.2 Å². The molecule has 0 fully saturated rings. The van der Waals surface area contributed by atoms with E-state index in [1.807, 2.05) is 6.56 Å². The van der Waals surface area contributed by atoms with Gasteiger partial charge >= 0.3 is 225 Å². The van der Waals surface area contributed by atoms with E-state index in [4.69, 9.17) is 0 Å². The summed E-state index contributed by atoms with van der Waals surface area (Å²) in [6, 6.07) is 23.0. The molecule has 0 N–H and O–H groups in total. The summed E-state index contributed by atoms with van der Waals surface area (Å²) >= 11 is -0.905. The second-order valence-corrected chi connectivity index (χ2v) is 14.4. The third kappa shape index (κ3) is 6.37. The molecule has 4 aliphatic carbocycles. The molecule has 37 heavy (non-hydrogen) atoms. The Hall–Kier alpha value is -1.14. The van der Waals surface area contributed by atoms with Crippen molar-refractivity contribution in [2.24, 2.45) is 0 Å². The molecular weight excluding hydrogens is 571 g/mol. The van der Waals surface area contributed by atoms with Crippen LogP contribution in [0.2, 0.25) is 0 Å². The number of halogens is 2. The Kier molecular flexibility index (Phi) is 10.7. The van der Waals surface area contributed by atoms with Crippen molar-refractivity contribution < 1.29 is 48.0 Å². The minimum absolute atomic E-state index is 0. The molecule has 3 heteroatoms. The van der Waals surface area contributed by atoms with Crippen LogP contribution in [0.1, 0.15) is 100 Å². The molecule has 192 valence electrons. The molecular formula is C34H38Cl2Zr. The molecule has 4 aliphatic rings. The van der Waals surface area contributed by atoms with E-state index < -0.39 is 23.2 Å². The van der Waals surface area contributed by atoms with Crippen molar-refractivity contribution in [3.8, 4) is 0 Å². The van der Waals surface area contributed by atoms with Gasteiger partial charge in [0, 0.05) is 0 Å². The summed E-state index contributed by atoms with van der Waals surface area (Å²) in [5.41, 5.74) is 10.1. The molecule has 2 aromatic carbocycles. The fourth-order valence-corrected chi connectivity index (χ4v) is 11.4. The topological polar surface area (TPSA) is 0 Å². The van der Waals surface area contributed by atoms with Crippen molar-refractivity contribution in [3.63, 3.8) is 0 Å². The summed E-state index contributed by atoms with van der Waals surface area (Å²) < 4.78 is 3.66. The fourth-order valence-electron chi connectivity index (χ4n) is 6.95. The van der Waals surface area contributed by atoms with Crippen LogP contribution in [0.15, 0.2) is 102 Å². The molecule has 0 radical (unpaired) electrons. The number of allylic oxidation sites excluding steroid dienone is 8. The first-order valence-electron chi connectivity index (χ1n) is 14.1. The second kappa shape index (κ2) is 13.8. The number of benzene rings is 2. The van der Waals surface area contributed by atoms with Crippen LogP contribution in [-0.4, -0.2) is 0 Å². The van der Waals surface area contributed by atoms with Crippen molar-refractivity contribution in [2.45, 2.75) is 88.9 Å². The molecule has 2 aromatic rings. The van der Waals surface area contributed by atoms with Crippen LogP contribution in [0.5, 0.6) is 0 Å². The zero-order chi connectivity index (χ0) is 23.5. The van der Waals surface area contributed by atoms with E-state index in [0.29, 0.717) is 11.8 Å².